The van der Waals surface area contributed by atoms with Crippen LogP contribution in [0.1, 0.15) is 20.8 Å². The lowest BCUT2D eigenvalue weighted by Crippen LogP contribution is -1.67. The Kier molecular flexibility index (Phi) is 5.32. The summed E-state index contributed by atoms with van der Waals surface area (Å²) in [5.74, 6) is 0. The van der Waals surface area contributed by atoms with Gasteiger partial charge in [0.2, 0.25) is 0 Å². The molecule has 0 saturated carbocycles. The van der Waals surface area contributed by atoms with Crippen LogP contribution in [0, 0.1) is 0 Å². The Morgan fingerprint density at radius 2 is 1.90 bits per heavy atom. The lowest BCUT2D eigenvalue weighted by atomic mass is 10.2. The second kappa shape index (κ2) is 5.48. The Hall–Kier alpha value is -0.300. The molecule has 1 heteroatoms. The first-order valence-corrected chi connectivity index (χ1v) is 4.12. The molecule has 0 bridgehead atoms. The second-order valence-corrected chi connectivity index (χ2v) is 2.98. The predicted molar refractivity (Wildman–Crippen MR) is 51.3 cm³/mol. The third-order valence-corrected chi connectivity index (χ3v) is 1.76. The van der Waals surface area contributed by atoms with Crippen LogP contribution >= 0.6 is 15.9 Å². The molecule has 0 aromatic rings. The zero-order chi connectivity index (χ0) is 7.98. The highest BCUT2D eigenvalue weighted by Gasteiger charge is 1.82. The first kappa shape index (κ1) is 9.70. The molecular formula is C9H13Br. The maximum atomic E-state index is 3.40. The van der Waals surface area contributed by atoms with Gasteiger partial charge in [0.25, 0.3) is 0 Å². The number of rotatable bonds is 2. The molecule has 0 rings (SSSR count). The summed E-state index contributed by atoms with van der Waals surface area (Å²) in [5.41, 5.74) is 1.26. The lowest BCUT2D eigenvalue weighted by molar-refractivity contribution is 1.49. The molecule has 0 aliphatic rings. The summed E-state index contributed by atoms with van der Waals surface area (Å²) in [6.07, 6.45) is 8.21. The van der Waals surface area contributed by atoms with E-state index < -0.39 is 0 Å². The summed E-state index contributed by atoms with van der Waals surface area (Å²) in [5, 5.41) is 0. The maximum absolute atomic E-state index is 3.40. The fourth-order valence-electron chi connectivity index (χ4n) is 0.612. The fourth-order valence-corrected chi connectivity index (χ4v) is 0.973. The zero-order valence-corrected chi connectivity index (χ0v) is 8.27. The van der Waals surface area contributed by atoms with E-state index in [0.29, 0.717) is 0 Å². The van der Waals surface area contributed by atoms with Gasteiger partial charge >= 0.3 is 0 Å². The van der Waals surface area contributed by atoms with Gasteiger partial charge < -0.3 is 0 Å². The van der Waals surface area contributed by atoms with E-state index in [0.717, 1.165) is 4.48 Å². The minimum absolute atomic E-state index is 1.13. The first-order chi connectivity index (χ1) is 4.70. The van der Waals surface area contributed by atoms with Crippen molar-refractivity contribution in [3.05, 3.63) is 34.4 Å². The van der Waals surface area contributed by atoms with Gasteiger partial charge in [-0.25, -0.2) is 0 Å². The van der Waals surface area contributed by atoms with E-state index in [4.69, 9.17) is 0 Å². The Balaban J connectivity index is 4.16. The number of halogens is 1. The summed E-state index contributed by atoms with van der Waals surface area (Å²) in [6.45, 7) is 6.09. The molecule has 0 amide bonds. The minimum Gasteiger partial charge on any atom is -0.0874 e. The van der Waals surface area contributed by atoms with E-state index in [9.17, 15) is 0 Å². The summed E-state index contributed by atoms with van der Waals surface area (Å²) < 4.78 is 1.13. The lowest BCUT2D eigenvalue weighted by Gasteiger charge is -1.89. The topological polar surface area (TPSA) is 0 Å². The Labute approximate surface area is 71.5 Å². The molecule has 0 spiro atoms. The average Bonchev–Trinajstić information content (AvgIpc) is 1.88. The highest BCUT2D eigenvalue weighted by Crippen LogP contribution is 2.09. The van der Waals surface area contributed by atoms with Gasteiger partial charge in [0.15, 0.2) is 0 Å². The third-order valence-electron chi connectivity index (χ3n) is 1.07. The van der Waals surface area contributed by atoms with Crippen molar-refractivity contribution < 1.29 is 0 Å². The second-order valence-electron chi connectivity index (χ2n) is 2.06. The van der Waals surface area contributed by atoms with Gasteiger partial charge in [-0.15, -0.1) is 0 Å². The van der Waals surface area contributed by atoms with Crippen LogP contribution < -0.4 is 0 Å². The maximum Gasteiger partial charge on any atom is 0.0135 e. The highest BCUT2D eigenvalue weighted by molar-refractivity contribution is 9.11. The van der Waals surface area contributed by atoms with Crippen LogP contribution in [0.2, 0.25) is 0 Å². The van der Waals surface area contributed by atoms with E-state index in [2.05, 4.69) is 35.0 Å². The number of hydrogen-bond donors (Lipinski definition) is 0. The first-order valence-electron chi connectivity index (χ1n) is 3.33. The van der Waals surface area contributed by atoms with Crippen LogP contribution in [0.25, 0.3) is 0 Å². The zero-order valence-electron chi connectivity index (χ0n) is 6.69. The van der Waals surface area contributed by atoms with Gasteiger partial charge in [-0.3, -0.25) is 0 Å². The van der Waals surface area contributed by atoms with Gasteiger partial charge in [-0.1, -0.05) is 39.7 Å². The van der Waals surface area contributed by atoms with Crippen molar-refractivity contribution >= 4 is 15.9 Å². The Morgan fingerprint density at radius 1 is 1.30 bits per heavy atom. The van der Waals surface area contributed by atoms with Crippen molar-refractivity contribution in [2.24, 2.45) is 0 Å². The van der Waals surface area contributed by atoms with Crippen LogP contribution in [0.4, 0.5) is 0 Å². The van der Waals surface area contributed by atoms with Crippen LogP contribution in [0.3, 0.4) is 0 Å². The molecule has 0 radical (unpaired) electrons. The number of hydrogen-bond acceptors (Lipinski definition) is 0. The summed E-state index contributed by atoms with van der Waals surface area (Å²) in [4.78, 5) is 0. The molecule has 0 atom stereocenters. The van der Waals surface area contributed by atoms with Gasteiger partial charge in [-0.2, -0.15) is 0 Å². The number of allylic oxidation sites excluding steroid dienone is 6. The molecule has 10 heavy (non-hydrogen) atoms. The van der Waals surface area contributed by atoms with E-state index in [1.165, 1.54) is 5.57 Å². The molecule has 0 heterocycles. The standard InChI is InChI=1S/C9H13Br/c1-4-6-8(3)7-9(10)5-2/h4-7H,1-3H3/b6-4-,8-7-,9-5+. The van der Waals surface area contributed by atoms with E-state index in [1.807, 2.05) is 26.0 Å². The molecule has 0 aliphatic carbocycles. The third kappa shape index (κ3) is 4.57. The summed E-state index contributed by atoms with van der Waals surface area (Å²) >= 11 is 3.40. The predicted octanol–water partition coefficient (Wildman–Crippen LogP) is 3.81. The molecule has 0 fully saturated rings. The molecule has 0 N–H and O–H groups in total. The van der Waals surface area contributed by atoms with E-state index >= 15 is 0 Å². The van der Waals surface area contributed by atoms with Crippen LogP contribution in [0.15, 0.2) is 34.4 Å². The minimum atomic E-state index is 1.13. The monoisotopic (exact) mass is 200 g/mol. The Bertz CT molecular complexity index is 173. The van der Waals surface area contributed by atoms with Crippen molar-refractivity contribution in [3.8, 4) is 0 Å². The smallest absolute Gasteiger partial charge is 0.0135 e. The molecule has 0 nitrogen and oxygen atoms in total. The molecule has 0 saturated heterocycles. The van der Waals surface area contributed by atoms with Gasteiger partial charge in [0.1, 0.15) is 0 Å². The van der Waals surface area contributed by atoms with Crippen molar-refractivity contribution in [2.45, 2.75) is 20.8 Å². The normalized spacial score (nSPS) is 14.8. The van der Waals surface area contributed by atoms with E-state index in [1.54, 1.807) is 0 Å². The molecule has 0 aromatic carbocycles. The van der Waals surface area contributed by atoms with Gasteiger partial charge in [0.05, 0.1) is 0 Å². The molecular weight excluding hydrogens is 188 g/mol. The summed E-state index contributed by atoms with van der Waals surface area (Å²) in [6, 6.07) is 0. The SMILES string of the molecule is C\C=C/C(C)=C\C(Br)=C/C. The Morgan fingerprint density at radius 3 is 2.30 bits per heavy atom. The van der Waals surface area contributed by atoms with Gasteiger partial charge in [-0.05, 0) is 26.8 Å². The van der Waals surface area contributed by atoms with Crippen molar-refractivity contribution in [3.63, 3.8) is 0 Å². The largest absolute Gasteiger partial charge is 0.0874 e. The molecule has 0 unspecified atom stereocenters. The quantitative estimate of drug-likeness (QED) is 0.596. The van der Waals surface area contributed by atoms with Crippen LogP contribution in [-0.2, 0) is 0 Å². The van der Waals surface area contributed by atoms with Gasteiger partial charge in [0, 0.05) is 4.48 Å². The van der Waals surface area contributed by atoms with E-state index in [-0.39, 0.29) is 0 Å². The molecule has 0 aromatic heterocycles. The van der Waals surface area contributed by atoms with Crippen molar-refractivity contribution in [1.82, 2.24) is 0 Å². The fraction of sp³-hybridized carbons (Fsp3) is 0.333. The van der Waals surface area contributed by atoms with Crippen LogP contribution in [0.5, 0.6) is 0 Å². The molecule has 0 aliphatic heterocycles. The molecule has 56 valence electrons. The average molecular weight is 201 g/mol. The van der Waals surface area contributed by atoms with Crippen molar-refractivity contribution in [2.75, 3.05) is 0 Å². The van der Waals surface area contributed by atoms with Crippen LogP contribution in [-0.4, -0.2) is 0 Å². The summed E-state index contributed by atoms with van der Waals surface area (Å²) in [7, 11) is 0. The van der Waals surface area contributed by atoms with Crippen molar-refractivity contribution in [1.29, 1.82) is 0 Å². The highest BCUT2D eigenvalue weighted by atomic mass is 79.9.